The van der Waals surface area contributed by atoms with Crippen LogP contribution in [0.2, 0.25) is 0 Å². The van der Waals surface area contributed by atoms with Crippen LogP contribution in [-0.2, 0) is 0 Å². The summed E-state index contributed by atoms with van der Waals surface area (Å²) in [7, 11) is 0. The van der Waals surface area contributed by atoms with Gasteiger partial charge in [-0.3, -0.25) is 0 Å². The van der Waals surface area contributed by atoms with E-state index in [1.54, 1.807) is 0 Å². The molecule has 0 aromatic rings. The summed E-state index contributed by atoms with van der Waals surface area (Å²) in [5, 5.41) is 7.11. The van der Waals surface area contributed by atoms with Crippen LogP contribution in [0.15, 0.2) is 0 Å². The first-order valence-corrected chi connectivity index (χ1v) is 6.14. The lowest BCUT2D eigenvalue weighted by Crippen LogP contribution is -2.37. The van der Waals surface area contributed by atoms with Gasteiger partial charge in [-0.05, 0) is 37.3 Å². The molecule has 2 atom stereocenters. The van der Waals surface area contributed by atoms with E-state index in [4.69, 9.17) is 0 Å². The van der Waals surface area contributed by atoms with E-state index in [1.165, 1.54) is 45.4 Å². The van der Waals surface area contributed by atoms with Crippen LogP contribution >= 0.6 is 0 Å². The van der Waals surface area contributed by atoms with Crippen LogP contribution in [-0.4, -0.2) is 26.2 Å². The SMILES string of the molecule is CCC(C)CNCC1(CC)CCNC1. The lowest BCUT2D eigenvalue weighted by molar-refractivity contribution is 0.284. The van der Waals surface area contributed by atoms with E-state index in [1.807, 2.05) is 0 Å². The standard InChI is InChI=1S/C12H26N2/c1-4-11(3)8-14-10-12(5-2)6-7-13-9-12/h11,13-14H,4-10H2,1-3H3. The number of nitrogens with one attached hydrogen (secondary N) is 2. The third-order valence-corrected chi connectivity index (χ3v) is 3.77. The van der Waals surface area contributed by atoms with Crippen molar-refractivity contribution >= 4 is 0 Å². The molecule has 1 aliphatic heterocycles. The second-order valence-corrected chi connectivity index (χ2v) is 4.92. The van der Waals surface area contributed by atoms with Gasteiger partial charge in [0.15, 0.2) is 0 Å². The van der Waals surface area contributed by atoms with E-state index in [2.05, 4.69) is 31.4 Å². The molecule has 0 spiro atoms. The molecular formula is C12H26N2. The fourth-order valence-electron chi connectivity index (χ4n) is 2.10. The molecule has 0 bridgehead atoms. The van der Waals surface area contributed by atoms with Crippen molar-refractivity contribution in [2.24, 2.45) is 11.3 Å². The van der Waals surface area contributed by atoms with E-state index in [0.29, 0.717) is 5.41 Å². The Bertz CT molecular complexity index is 150. The molecule has 0 aliphatic carbocycles. The van der Waals surface area contributed by atoms with Crippen molar-refractivity contribution in [2.45, 2.75) is 40.0 Å². The van der Waals surface area contributed by atoms with E-state index in [0.717, 1.165) is 5.92 Å². The fourth-order valence-corrected chi connectivity index (χ4v) is 2.10. The first kappa shape index (κ1) is 12.0. The van der Waals surface area contributed by atoms with Gasteiger partial charge in [-0.15, -0.1) is 0 Å². The Morgan fingerprint density at radius 1 is 1.43 bits per heavy atom. The van der Waals surface area contributed by atoms with Crippen LogP contribution in [0.25, 0.3) is 0 Å². The lowest BCUT2D eigenvalue weighted by atomic mass is 9.84. The highest BCUT2D eigenvalue weighted by atomic mass is 15.0. The van der Waals surface area contributed by atoms with Crippen molar-refractivity contribution in [3.63, 3.8) is 0 Å². The maximum atomic E-state index is 3.63. The maximum Gasteiger partial charge on any atom is 0.00205 e. The zero-order valence-electron chi connectivity index (χ0n) is 10.0. The largest absolute Gasteiger partial charge is 0.316 e. The summed E-state index contributed by atoms with van der Waals surface area (Å²) in [4.78, 5) is 0. The van der Waals surface area contributed by atoms with Crippen molar-refractivity contribution in [3.8, 4) is 0 Å². The molecule has 2 N–H and O–H groups in total. The van der Waals surface area contributed by atoms with E-state index < -0.39 is 0 Å². The van der Waals surface area contributed by atoms with Gasteiger partial charge in [-0.1, -0.05) is 27.2 Å². The van der Waals surface area contributed by atoms with Gasteiger partial charge >= 0.3 is 0 Å². The molecule has 2 unspecified atom stereocenters. The van der Waals surface area contributed by atoms with E-state index in [9.17, 15) is 0 Å². The van der Waals surface area contributed by atoms with Gasteiger partial charge in [0.25, 0.3) is 0 Å². The minimum atomic E-state index is 0.549. The minimum Gasteiger partial charge on any atom is -0.316 e. The van der Waals surface area contributed by atoms with E-state index >= 15 is 0 Å². The molecule has 0 aromatic heterocycles. The third-order valence-electron chi connectivity index (χ3n) is 3.77. The summed E-state index contributed by atoms with van der Waals surface area (Å²) in [5.41, 5.74) is 0.549. The summed E-state index contributed by atoms with van der Waals surface area (Å²) in [6.45, 7) is 11.7. The molecule has 0 radical (unpaired) electrons. The van der Waals surface area contributed by atoms with Gasteiger partial charge in [0.1, 0.15) is 0 Å². The third kappa shape index (κ3) is 3.25. The molecule has 0 aromatic carbocycles. The predicted molar refractivity (Wildman–Crippen MR) is 62.5 cm³/mol. The summed E-state index contributed by atoms with van der Waals surface area (Å²) in [6, 6.07) is 0. The van der Waals surface area contributed by atoms with Crippen LogP contribution < -0.4 is 10.6 Å². The molecule has 14 heavy (non-hydrogen) atoms. The molecule has 1 fully saturated rings. The van der Waals surface area contributed by atoms with Crippen LogP contribution in [0.1, 0.15) is 40.0 Å². The molecule has 0 amide bonds. The van der Waals surface area contributed by atoms with Crippen molar-refractivity contribution in [1.82, 2.24) is 10.6 Å². The minimum absolute atomic E-state index is 0.549. The fraction of sp³-hybridized carbons (Fsp3) is 1.00. The smallest absolute Gasteiger partial charge is 0.00205 e. The van der Waals surface area contributed by atoms with Crippen molar-refractivity contribution in [2.75, 3.05) is 26.2 Å². The maximum absolute atomic E-state index is 3.63. The summed E-state index contributed by atoms with van der Waals surface area (Å²) < 4.78 is 0. The Labute approximate surface area is 88.8 Å². The first-order valence-electron chi connectivity index (χ1n) is 6.14. The van der Waals surface area contributed by atoms with Crippen LogP contribution in [0, 0.1) is 11.3 Å². The Morgan fingerprint density at radius 2 is 2.21 bits per heavy atom. The Kier molecular flexibility index (Phi) is 4.90. The number of rotatable bonds is 6. The zero-order chi connectivity index (χ0) is 10.4. The lowest BCUT2D eigenvalue weighted by Gasteiger charge is -2.27. The summed E-state index contributed by atoms with van der Waals surface area (Å²) >= 11 is 0. The Morgan fingerprint density at radius 3 is 2.71 bits per heavy atom. The van der Waals surface area contributed by atoms with Crippen molar-refractivity contribution < 1.29 is 0 Å². The van der Waals surface area contributed by atoms with E-state index in [-0.39, 0.29) is 0 Å². The van der Waals surface area contributed by atoms with Gasteiger partial charge < -0.3 is 10.6 Å². The average Bonchev–Trinajstić information content (AvgIpc) is 2.67. The average molecular weight is 198 g/mol. The molecule has 1 saturated heterocycles. The number of hydrogen-bond acceptors (Lipinski definition) is 2. The Balaban J connectivity index is 2.21. The zero-order valence-corrected chi connectivity index (χ0v) is 10.0. The molecule has 1 aliphatic rings. The normalized spacial score (nSPS) is 29.4. The molecule has 1 rings (SSSR count). The van der Waals surface area contributed by atoms with Crippen molar-refractivity contribution in [1.29, 1.82) is 0 Å². The molecule has 2 heteroatoms. The number of hydrogen-bond donors (Lipinski definition) is 2. The highest BCUT2D eigenvalue weighted by molar-refractivity contribution is 4.88. The summed E-state index contributed by atoms with van der Waals surface area (Å²) in [5.74, 6) is 0.818. The van der Waals surface area contributed by atoms with Crippen LogP contribution in [0.5, 0.6) is 0 Å². The van der Waals surface area contributed by atoms with Gasteiger partial charge in [0.2, 0.25) is 0 Å². The van der Waals surface area contributed by atoms with Crippen LogP contribution in [0.4, 0.5) is 0 Å². The van der Waals surface area contributed by atoms with Crippen LogP contribution in [0.3, 0.4) is 0 Å². The Hall–Kier alpha value is -0.0800. The first-order chi connectivity index (χ1) is 6.72. The summed E-state index contributed by atoms with van der Waals surface area (Å²) in [6.07, 6.45) is 3.93. The highest BCUT2D eigenvalue weighted by Gasteiger charge is 2.31. The molecule has 2 nitrogen and oxygen atoms in total. The quantitative estimate of drug-likeness (QED) is 0.682. The van der Waals surface area contributed by atoms with Crippen molar-refractivity contribution in [3.05, 3.63) is 0 Å². The highest BCUT2D eigenvalue weighted by Crippen LogP contribution is 2.28. The molecule has 84 valence electrons. The van der Waals surface area contributed by atoms with Gasteiger partial charge in [-0.2, -0.15) is 0 Å². The molecule has 1 heterocycles. The van der Waals surface area contributed by atoms with Gasteiger partial charge in [-0.25, -0.2) is 0 Å². The van der Waals surface area contributed by atoms with Gasteiger partial charge in [0, 0.05) is 13.1 Å². The van der Waals surface area contributed by atoms with Gasteiger partial charge in [0.05, 0.1) is 0 Å². The predicted octanol–water partition coefficient (Wildman–Crippen LogP) is 2.01. The second kappa shape index (κ2) is 5.72. The molecular weight excluding hydrogens is 172 g/mol. The molecule has 0 saturated carbocycles. The monoisotopic (exact) mass is 198 g/mol. The topological polar surface area (TPSA) is 24.1 Å². The second-order valence-electron chi connectivity index (χ2n) is 4.92.